The van der Waals surface area contributed by atoms with Crippen molar-refractivity contribution in [2.24, 2.45) is 0 Å². The third-order valence-electron chi connectivity index (χ3n) is 3.33. The maximum absolute atomic E-state index is 13.7. The highest BCUT2D eigenvalue weighted by atomic mass is 19.1. The van der Waals surface area contributed by atoms with Gasteiger partial charge in [0.15, 0.2) is 0 Å². The standard InChI is InChI=1S/C18H15FN2O2/c1-12(22)21-16-6-2-3-7-17(16)23-11-14-10-15(19)9-13-5-4-8-20-18(13)14/h2-10H,11H2,1H3,(H,21,22). The fourth-order valence-electron chi connectivity index (χ4n) is 2.38. The molecular weight excluding hydrogens is 295 g/mol. The number of carbonyl (C=O) groups is 1. The van der Waals surface area contributed by atoms with Gasteiger partial charge in [0.25, 0.3) is 0 Å². The van der Waals surface area contributed by atoms with Crippen molar-refractivity contribution in [1.82, 2.24) is 4.98 Å². The minimum Gasteiger partial charge on any atom is -0.487 e. The topological polar surface area (TPSA) is 51.2 Å². The minimum absolute atomic E-state index is 0.155. The van der Waals surface area contributed by atoms with E-state index < -0.39 is 0 Å². The van der Waals surface area contributed by atoms with E-state index in [-0.39, 0.29) is 18.3 Å². The number of nitrogens with one attached hydrogen (secondary N) is 1. The summed E-state index contributed by atoms with van der Waals surface area (Å²) in [5.74, 6) is 0.00853. The molecule has 3 aromatic rings. The Kier molecular flexibility index (Phi) is 4.19. The van der Waals surface area contributed by atoms with Crippen molar-refractivity contribution in [3.63, 3.8) is 0 Å². The molecular formula is C18H15FN2O2. The molecule has 3 rings (SSSR count). The SMILES string of the molecule is CC(=O)Nc1ccccc1OCc1cc(F)cc2cccnc12. The van der Waals surface area contributed by atoms with Gasteiger partial charge in [0.2, 0.25) is 5.91 Å². The molecule has 1 amide bonds. The van der Waals surface area contributed by atoms with Crippen molar-refractivity contribution >= 4 is 22.5 Å². The molecule has 4 nitrogen and oxygen atoms in total. The van der Waals surface area contributed by atoms with E-state index in [1.807, 2.05) is 6.07 Å². The lowest BCUT2D eigenvalue weighted by Gasteiger charge is -2.12. The molecule has 1 heterocycles. The van der Waals surface area contributed by atoms with Crippen LogP contribution in [0, 0.1) is 5.82 Å². The van der Waals surface area contributed by atoms with Crippen molar-refractivity contribution in [2.75, 3.05) is 5.32 Å². The number of fused-ring (bicyclic) bond motifs is 1. The Balaban J connectivity index is 1.88. The average molecular weight is 310 g/mol. The first-order valence-electron chi connectivity index (χ1n) is 7.16. The van der Waals surface area contributed by atoms with Gasteiger partial charge in [0, 0.05) is 24.1 Å². The fourth-order valence-corrected chi connectivity index (χ4v) is 2.38. The van der Waals surface area contributed by atoms with Crippen LogP contribution < -0.4 is 10.1 Å². The van der Waals surface area contributed by atoms with Gasteiger partial charge in [-0.1, -0.05) is 18.2 Å². The Morgan fingerprint density at radius 1 is 1.22 bits per heavy atom. The summed E-state index contributed by atoms with van der Waals surface area (Å²) in [4.78, 5) is 15.5. The molecule has 0 radical (unpaired) electrons. The van der Waals surface area contributed by atoms with Gasteiger partial charge in [-0.15, -0.1) is 0 Å². The zero-order valence-corrected chi connectivity index (χ0v) is 12.5. The normalized spacial score (nSPS) is 10.5. The molecule has 5 heteroatoms. The van der Waals surface area contributed by atoms with E-state index >= 15 is 0 Å². The van der Waals surface area contributed by atoms with Crippen molar-refractivity contribution in [1.29, 1.82) is 0 Å². The molecule has 0 bridgehead atoms. The van der Waals surface area contributed by atoms with Gasteiger partial charge in [-0.2, -0.15) is 0 Å². The summed E-state index contributed by atoms with van der Waals surface area (Å²) < 4.78 is 19.5. The molecule has 0 aliphatic carbocycles. The lowest BCUT2D eigenvalue weighted by Crippen LogP contribution is -2.08. The van der Waals surface area contributed by atoms with E-state index in [2.05, 4.69) is 10.3 Å². The number of aromatic nitrogens is 1. The van der Waals surface area contributed by atoms with E-state index in [4.69, 9.17) is 4.74 Å². The van der Waals surface area contributed by atoms with Crippen LogP contribution in [0.5, 0.6) is 5.75 Å². The second-order valence-corrected chi connectivity index (χ2v) is 5.11. The summed E-state index contributed by atoms with van der Waals surface area (Å²) in [6, 6.07) is 13.5. The first kappa shape index (κ1) is 15.0. The quantitative estimate of drug-likeness (QED) is 0.795. The highest BCUT2D eigenvalue weighted by molar-refractivity contribution is 5.90. The van der Waals surface area contributed by atoms with E-state index in [1.54, 1.807) is 36.5 Å². The van der Waals surface area contributed by atoms with Crippen molar-refractivity contribution in [2.45, 2.75) is 13.5 Å². The monoisotopic (exact) mass is 310 g/mol. The van der Waals surface area contributed by atoms with Gasteiger partial charge >= 0.3 is 0 Å². The predicted octanol–water partition coefficient (Wildman–Crippen LogP) is 3.91. The predicted molar refractivity (Wildman–Crippen MR) is 86.8 cm³/mol. The maximum Gasteiger partial charge on any atom is 0.221 e. The molecule has 23 heavy (non-hydrogen) atoms. The Bertz CT molecular complexity index is 865. The smallest absolute Gasteiger partial charge is 0.221 e. The van der Waals surface area contributed by atoms with Crippen molar-refractivity contribution in [3.05, 3.63) is 66.1 Å². The molecule has 2 aromatic carbocycles. The molecule has 0 unspecified atom stereocenters. The first-order valence-corrected chi connectivity index (χ1v) is 7.16. The Morgan fingerprint density at radius 2 is 2.04 bits per heavy atom. The van der Waals surface area contributed by atoms with Crippen molar-refractivity contribution < 1.29 is 13.9 Å². The lowest BCUT2D eigenvalue weighted by atomic mass is 10.1. The first-order chi connectivity index (χ1) is 11.1. The lowest BCUT2D eigenvalue weighted by molar-refractivity contribution is -0.114. The largest absolute Gasteiger partial charge is 0.487 e. The molecule has 116 valence electrons. The number of halogens is 1. The highest BCUT2D eigenvalue weighted by Crippen LogP contribution is 2.26. The number of ether oxygens (including phenoxy) is 1. The van der Waals surface area contributed by atoms with Gasteiger partial charge < -0.3 is 10.1 Å². The summed E-state index contributed by atoms with van der Waals surface area (Å²) in [5.41, 5.74) is 1.93. The van der Waals surface area contributed by atoms with Gasteiger partial charge in [0.1, 0.15) is 18.2 Å². The van der Waals surface area contributed by atoms with Crippen LogP contribution in [0.4, 0.5) is 10.1 Å². The van der Waals surface area contributed by atoms with Crippen LogP contribution in [-0.4, -0.2) is 10.9 Å². The molecule has 0 atom stereocenters. The van der Waals surface area contributed by atoms with Crippen LogP contribution >= 0.6 is 0 Å². The summed E-state index contributed by atoms with van der Waals surface area (Å²) in [7, 11) is 0. The number of anilines is 1. The van der Waals surface area contributed by atoms with Gasteiger partial charge in [-0.3, -0.25) is 9.78 Å². The number of nitrogens with zero attached hydrogens (tertiary/aromatic N) is 1. The molecule has 0 saturated carbocycles. The number of pyridine rings is 1. The minimum atomic E-state index is -0.334. The Labute approximate surface area is 132 Å². The van der Waals surface area contributed by atoms with Gasteiger partial charge in [-0.05, 0) is 30.3 Å². The molecule has 0 spiro atoms. The highest BCUT2D eigenvalue weighted by Gasteiger charge is 2.09. The number of hydrogen-bond acceptors (Lipinski definition) is 3. The second kappa shape index (κ2) is 6.44. The molecule has 0 aliphatic heterocycles. The zero-order chi connectivity index (χ0) is 16.2. The average Bonchev–Trinajstić information content (AvgIpc) is 2.53. The molecule has 0 aliphatic rings. The number of carbonyl (C=O) groups excluding carboxylic acids is 1. The van der Waals surface area contributed by atoms with E-state index in [1.165, 1.54) is 19.1 Å². The number of benzene rings is 2. The third-order valence-corrected chi connectivity index (χ3v) is 3.33. The maximum atomic E-state index is 13.7. The van der Waals surface area contributed by atoms with E-state index in [9.17, 15) is 9.18 Å². The molecule has 1 N–H and O–H groups in total. The summed E-state index contributed by atoms with van der Waals surface area (Å²) in [6.07, 6.45) is 1.66. The Morgan fingerprint density at radius 3 is 2.87 bits per heavy atom. The summed E-state index contributed by atoms with van der Waals surface area (Å²) >= 11 is 0. The van der Waals surface area contributed by atoms with Crippen LogP contribution in [0.15, 0.2) is 54.7 Å². The summed E-state index contributed by atoms with van der Waals surface area (Å²) in [6.45, 7) is 1.59. The number of amides is 1. The van der Waals surface area contributed by atoms with E-state index in [0.717, 1.165) is 5.39 Å². The van der Waals surface area contributed by atoms with Gasteiger partial charge in [-0.25, -0.2) is 4.39 Å². The van der Waals surface area contributed by atoms with Crippen LogP contribution in [-0.2, 0) is 11.4 Å². The summed E-state index contributed by atoms with van der Waals surface area (Å²) in [5, 5.41) is 3.43. The van der Waals surface area contributed by atoms with Crippen LogP contribution in [0.25, 0.3) is 10.9 Å². The van der Waals surface area contributed by atoms with E-state index in [0.29, 0.717) is 22.5 Å². The number of hydrogen-bond donors (Lipinski definition) is 1. The molecule has 0 fully saturated rings. The molecule has 0 saturated heterocycles. The number of rotatable bonds is 4. The molecule has 1 aromatic heterocycles. The number of para-hydroxylation sites is 2. The van der Waals surface area contributed by atoms with Crippen LogP contribution in [0.3, 0.4) is 0 Å². The van der Waals surface area contributed by atoms with Crippen LogP contribution in [0.2, 0.25) is 0 Å². The van der Waals surface area contributed by atoms with Crippen molar-refractivity contribution in [3.8, 4) is 5.75 Å². The fraction of sp³-hybridized carbons (Fsp3) is 0.111. The second-order valence-electron chi connectivity index (χ2n) is 5.11. The van der Waals surface area contributed by atoms with Gasteiger partial charge in [0.05, 0.1) is 11.2 Å². The Hall–Kier alpha value is -2.95. The third kappa shape index (κ3) is 3.45. The van der Waals surface area contributed by atoms with Crippen LogP contribution in [0.1, 0.15) is 12.5 Å². The zero-order valence-electron chi connectivity index (χ0n) is 12.5.